The molecule has 1 heterocycles. The number of aliphatic imine (C=N–C) groups is 1. The largest absolute Gasteiger partial charge is 0.357 e. The van der Waals surface area contributed by atoms with E-state index < -0.39 is 0 Å². The number of rotatable bonds is 5. The van der Waals surface area contributed by atoms with Crippen LogP contribution in [0.2, 0.25) is 0 Å². The molecule has 1 saturated heterocycles. The molecule has 5 nitrogen and oxygen atoms in total. The first-order chi connectivity index (χ1) is 13.3. The topological polar surface area (TPSA) is 54.7 Å². The molecule has 2 aromatic rings. The van der Waals surface area contributed by atoms with Gasteiger partial charge in [0.1, 0.15) is 0 Å². The summed E-state index contributed by atoms with van der Waals surface area (Å²) < 4.78 is 0. The second-order valence-electron chi connectivity index (χ2n) is 6.73. The molecular weight excluding hydrogens is 461 g/mol. The minimum Gasteiger partial charge on any atom is -0.357 e. The van der Waals surface area contributed by atoms with E-state index in [1.807, 2.05) is 24.3 Å². The first-order valence-electron chi connectivity index (χ1n) is 9.57. The van der Waals surface area contributed by atoms with E-state index in [0.717, 1.165) is 50.8 Å². The van der Waals surface area contributed by atoms with E-state index in [-0.39, 0.29) is 24.0 Å². The molecule has 6 heteroatoms. The molecule has 2 aromatic carbocycles. The highest BCUT2D eigenvalue weighted by molar-refractivity contribution is 14.0. The van der Waals surface area contributed by atoms with Gasteiger partial charge in [-0.1, -0.05) is 42.5 Å². The van der Waals surface area contributed by atoms with E-state index in [2.05, 4.69) is 58.4 Å². The van der Waals surface area contributed by atoms with E-state index in [9.17, 15) is 0 Å². The zero-order chi connectivity index (χ0) is 18.9. The fourth-order valence-electron chi connectivity index (χ4n) is 3.24. The van der Waals surface area contributed by atoms with Gasteiger partial charge in [0.25, 0.3) is 0 Å². The standard InChI is InChI=1S/C22H27N5.HI/c1-2-24-22(25-17-20-10-8-19(16-23)9-11-20)27-14-12-26(13-15-27)18-21-6-4-3-5-7-21;/h3-11H,2,12-15,17-18H2,1H3,(H,24,25);1H. The Morgan fingerprint density at radius 1 is 1.00 bits per heavy atom. The lowest BCUT2D eigenvalue weighted by Gasteiger charge is -2.36. The number of guanidine groups is 1. The maximum Gasteiger partial charge on any atom is 0.194 e. The number of nitrogens with one attached hydrogen (secondary N) is 1. The predicted octanol–water partition coefficient (Wildman–Crippen LogP) is 3.46. The van der Waals surface area contributed by atoms with Crippen molar-refractivity contribution in [2.24, 2.45) is 4.99 Å². The predicted molar refractivity (Wildman–Crippen MR) is 125 cm³/mol. The second-order valence-corrected chi connectivity index (χ2v) is 6.73. The molecule has 1 aliphatic heterocycles. The van der Waals surface area contributed by atoms with Crippen molar-refractivity contribution in [3.63, 3.8) is 0 Å². The monoisotopic (exact) mass is 489 g/mol. The maximum atomic E-state index is 8.90. The van der Waals surface area contributed by atoms with Crippen LogP contribution in [0.25, 0.3) is 0 Å². The van der Waals surface area contributed by atoms with Crippen LogP contribution in [0.1, 0.15) is 23.6 Å². The Morgan fingerprint density at radius 2 is 1.68 bits per heavy atom. The molecule has 1 aliphatic rings. The second kappa shape index (κ2) is 11.7. The average Bonchev–Trinajstić information content (AvgIpc) is 2.73. The molecule has 0 saturated carbocycles. The Bertz CT molecular complexity index is 775. The summed E-state index contributed by atoms with van der Waals surface area (Å²) in [4.78, 5) is 9.64. The molecule has 148 valence electrons. The van der Waals surface area contributed by atoms with Crippen molar-refractivity contribution in [3.05, 3.63) is 71.3 Å². The molecule has 28 heavy (non-hydrogen) atoms. The van der Waals surface area contributed by atoms with E-state index in [1.54, 1.807) is 0 Å². The Labute approximate surface area is 185 Å². The third-order valence-corrected chi connectivity index (χ3v) is 4.75. The summed E-state index contributed by atoms with van der Waals surface area (Å²) in [5.41, 5.74) is 3.17. The van der Waals surface area contributed by atoms with Gasteiger partial charge in [-0.2, -0.15) is 5.26 Å². The molecule has 1 N–H and O–H groups in total. The van der Waals surface area contributed by atoms with Crippen molar-refractivity contribution in [1.82, 2.24) is 15.1 Å². The first kappa shape index (κ1) is 22.2. The summed E-state index contributed by atoms with van der Waals surface area (Å²) in [5, 5.41) is 12.3. The number of hydrogen-bond acceptors (Lipinski definition) is 3. The van der Waals surface area contributed by atoms with Crippen LogP contribution in [-0.4, -0.2) is 48.5 Å². The highest BCUT2D eigenvalue weighted by atomic mass is 127. The van der Waals surface area contributed by atoms with E-state index in [1.165, 1.54) is 5.56 Å². The third-order valence-electron chi connectivity index (χ3n) is 4.75. The zero-order valence-electron chi connectivity index (χ0n) is 16.3. The van der Waals surface area contributed by atoms with Crippen LogP contribution in [0.15, 0.2) is 59.6 Å². The van der Waals surface area contributed by atoms with Gasteiger partial charge >= 0.3 is 0 Å². The first-order valence-corrected chi connectivity index (χ1v) is 9.57. The Balaban J connectivity index is 0.00000280. The molecule has 0 aliphatic carbocycles. The van der Waals surface area contributed by atoms with Gasteiger partial charge in [0.05, 0.1) is 18.2 Å². The summed E-state index contributed by atoms with van der Waals surface area (Å²) in [6.45, 7) is 8.62. The molecule has 0 unspecified atom stereocenters. The number of nitriles is 1. The molecule has 0 atom stereocenters. The van der Waals surface area contributed by atoms with Crippen molar-refractivity contribution in [1.29, 1.82) is 5.26 Å². The van der Waals surface area contributed by atoms with Crippen LogP contribution in [0, 0.1) is 11.3 Å². The van der Waals surface area contributed by atoms with Crippen molar-refractivity contribution < 1.29 is 0 Å². The molecule has 1 fully saturated rings. The van der Waals surface area contributed by atoms with Crippen LogP contribution >= 0.6 is 24.0 Å². The fraction of sp³-hybridized carbons (Fsp3) is 0.364. The molecule has 0 radical (unpaired) electrons. The van der Waals surface area contributed by atoms with Crippen LogP contribution in [-0.2, 0) is 13.1 Å². The minimum atomic E-state index is 0. The summed E-state index contributed by atoms with van der Waals surface area (Å²) >= 11 is 0. The molecule has 0 bridgehead atoms. The molecule has 3 rings (SSSR count). The number of halogens is 1. The molecule has 0 aromatic heterocycles. The maximum absolute atomic E-state index is 8.90. The highest BCUT2D eigenvalue weighted by Gasteiger charge is 2.19. The number of nitrogens with zero attached hydrogens (tertiary/aromatic N) is 4. The third kappa shape index (κ3) is 6.50. The molecular formula is C22H28IN5. The van der Waals surface area contributed by atoms with Crippen LogP contribution < -0.4 is 5.32 Å². The van der Waals surface area contributed by atoms with Crippen LogP contribution in [0.4, 0.5) is 0 Å². The lowest BCUT2D eigenvalue weighted by molar-refractivity contribution is 0.172. The average molecular weight is 489 g/mol. The normalized spacial score (nSPS) is 14.9. The van der Waals surface area contributed by atoms with Gasteiger partial charge in [0.15, 0.2) is 5.96 Å². The van der Waals surface area contributed by atoms with E-state index >= 15 is 0 Å². The van der Waals surface area contributed by atoms with Gasteiger partial charge in [-0.3, -0.25) is 4.90 Å². The molecule has 0 spiro atoms. The number of hydrogen-bond donors (Lipinski definition) is 1. The Hall–Kier alpha value is -2.11. The smallest absolute Gasteiger partial charge is 0.194 e. The Morgan fingerprint density at radius 3 is 2.29 bits per heavy atom. The summed E-state index contributed by atoms with van der Waals surface area (Å²) in [6, 6.07) is 20.4. The van der Waals surface area contributed by atoms with Crippen molar-refractivity contribution in [3.8, 4) is 6.07 Å². The molecule has 0 amide bonds. The summed E-state index contributed by atoms with van der Waals surface area (Å²) in [6.07, 6.45) is 0. The SMILES string of the molecule is CCNC(=NCc1ccc(C#N)cc1)N1CCN(Cc2ccccc2)CC1.I. The van der Waals surface area contributed by atoms with E-state index in [4.69, 9.17) is 10.3 Å². The van der Waals surface area contributed by atoms with Gasteiger partial charge in [0.2, 0.25) is 0 Å². The van der Waals surface area contributed by atoms with Gasteiger partial charge in [-0.15, -0.1) is 24.0 Å². The lowest BCUT2D eigenvalue weighted by atomic mass is 10.1. The van der Waals surface area contributed by atoms with Gasteiger partial charge in [-0.05, 0) is 30.2 Å². The van der Waals surface area contributed by atoms with Crippen molar-refractivity contribution in [2.75, 3.05) is 32.7 Å². The lowest BCUT2D eigenvalue weighted by Crippen LogP contribution is -2.52. The summed E-state index contributed by atoms with van der Waals surface area (Å²) in [7, 11) is 0. The number of benzene rings is 2. The van der Waals surface area contributed by atoms with Crippen LogP contribution in [0.3, 0.4) is 0 Å². The fourth-order valence-corrected chi connectivity index (χ4v) is 3.24. The van der Waals surface area contributed by atoms with Gasteiger partial charge in [-0.25, -0.2) is 4.99 Å². The van der Waals surface area contributed by atoms with Crippen molar-refractivity contribution >= 4 is 29.9 Å². The van der Waals surface area contributed by atoms with Crippen molar-refractivity contribution in [2.45, 2.75) is 20.0 Å². The van der Waals surface area contributed by atoms with Crippen LogP contribution in [0.5, 0.6) is 0 Å². The quantitative estimate of drug-likeness (QED) is 0.397. The minimum absolute atomic E-state index is 0. The summed E-state index contributed by atoms with van der Waals surface area (Å²) in [5.74, 6) is 0.973. The highest BCUT2D eigenvalue weighted by Crippen LogP contribution is 2.10. The van der Waals surface area contributed by atoms with Gasteiger partial charge in [0, 0.05) is 39.3 Å². The van der Waals surface area contributed by atoms with E-state index in [0.29, 0.717) is 12.1 Å². The Kier molecular flexibility index (Phi) is 9.24. The van der Waals surface area contributed by atoms with Gasteiger partial charge < -0.3 is 10.2 Å². The number of piperazine rings is 1. The zero-order valence-corrected chi connectivity index (χ0v) is 18.7.